The molecule has 4 nitrogen and oxygen atoms in total. The van der Waals surface area contributed by atoms with E-state index in [1.165, 1.54) is 11.1 Å². The van der Waals surface area contributed by atoms with Crippen LogP contribution >= 0.6 is 0 Å². The van der Waals surface area contributed by atoms with Gasteiger partial charge in [0.05, 0.1) is 12.7 Å². The lowest BCUT2D eigenvalue weighted by molar-refractivity contribution is 0.114. The number of ether oxygens (including phenoxy) is 2. The van der Waals surface area contributed by atoms with Crippen LogP contribution in [-0.2, 0) is 16.1 Å². The second-order valence-corrected chi connectivity index (χ2v) is 4.42. The van der Waals surface area contributed by atoms with Crippen LogP contribution in [0.2, 0.25) is 0 Å². The Morgan fingerprint density at radius 2 is 1.89 bits per heavy atom. The number of rotatable bonds is 8. The van der Waals surface area contributed by atoms with Crippen molar-refractivity contribution in [2.45, 2.75) is 25.7 Å². The lowest BCUT2D eigenvalue weighted by atomic mass is 10.0. The smallest absolute Gasteiger partial charge is 0.0713 e. The van der Waals surface area contributed by atoms with Crippen LogP contribution in [0, 0.1) is 0 Å². The summed E-state index contributed by atoms with van der Waals surface area (Å²) in [5.74, 6) is 0. The number of nitrogens with two attached hydrogens (primary N) is 1. The van der Waals surface area contributed by atoms with Crippen molar-refractivity contribution in [2.75, 3.05) is 27.3 Å². The normalized spacial score (nSPS) is 14.4. The SMILES string of the molecule is COCc1ccc(C(CN)NCC(C)OC)cc1. The van der Waals surface area contributed by atoms with Crippen molar-refractivity contribution in [3.05, 3.63) is 35.4 Å². The van der Waals surface area contributed by atoms with Gasteiger partial charge in [-0.2, -0.15) is 0 Å². The molecule has 0 spiro atoms. The first-order chi connectivity index (χ1) is 8.71. The van der Waals surface area contributed by atoms with Crippen LogP contribution in [0.15, 0.2) is 24.3 Å². The standard InChI is InChI=1S/C14H24N2O2/c1-11(18-3)9-16-14(8-15)13-6-4-12(5-7-13)10-17-2/h4-7,11,14,16H,8-10,15H2,1-3H3. The molecule has 1 aromatic carbocycles. The molecule has 0 saturated carbocycles. The maximum atomic E-state index is 5.80. The summed E-state index contributed by atoms with van der Waals surface area (Å²) < 4.78 is 10.3. The average Bonchev–Trinajstić information content (AvgIpc) is 2.41. The minimum Gasteiger partial charge on any atom is -0.380 e. The lowest BCUT2D eigenvalue weighted by Gasteiger charge is -2.20. The maximum absolute atomic E-state index is 5.80. The molecule has 0 aliphatic heterocycles. The molecule has 102 valence electrons. The first-order valence-corrected chi connectivity index (χ1v) is 6.25. The third kappa shape index (κ3) is 4.74. The van der Waals surface area contributed by atoms with Crippen molar-refractivity contribution in [2.24, 2.45) is 5.73 Å². The highest BCUT2D eigenvalue weighted by Gasteiger charge is 2.10. The zero-order valence-electron chi connectivity index (χ0n) is 11.5. The highest BCUT2D eigenvalue weighted by atomic mass is 16.5. The molecule has 0 heterocycles. The van der Waals surface area contributed by atoms with E-state index in [1.54, 1.807) is 14.2 Å². The molecule has 2 atom stereocenters. The van der Waals surface area contributed by atoms with E-state index in [2.05, 4.69) is 29.6 Å². The van der Waals surface area contributed by atoms with Crippen LogP contribution in [0.1, 0.15) is 24.1 Å². The Morgan fingerprint density at radius 3 is 2.39 bits per heavy atom. The Hall–Kier alpha value is -0.940. The van der Waals surface area contributed by atoms with Gasteiger partial charge in [0.2, 0.25) is 0 Å². The summed E-state index contributed by atoms with van der Waals surface area (Å²) in [5.41, 5.74) is 8.17. The van der Waals surface area contributed by atoms with Crippen LogP contribution in [-0.4, -0.2) is 33.4 Å². The van der Waals surface area contributed by atoms with E-state index in [9.17, 15) is 0 Å². The third-order valence-electron chi connectivity index (χ3n) is 2.98. The molecule has 1 rings (SSSR count). The fourth-order valence-electron chi connectivity index (χ4n) is 1.74. The van der Waals surface area contributed by atoms with Gasteiger partial charge in [0, 0.05) is 33.4 Å². The number of nitrogens with one attached hydrogen (secondary N) is 1. The highest BCUT2D eigenvalue weighted by molar-refractivity contribution is 5.25. The van der Waals surface area contributed by atoms with Crippen molar-refractivity contribution < 1.29 is 9.47 Å². The highest BCUT2D eigenvalue weighted by Crippen LogP contribution is 2.13. The molecular weight excluding hydrogens is 228 g/mol. The summed E-state index contributed by atoms with van der Waals surface area (Å²) >= 11 is 0. The molecular formula is C14H24N2O2. The van der Waals surface area contributed by atoms with Crippen molar-refractivity contribution >= 4 is 0 Å². The Morgan fingerprint density at radius 1 is 1.22 bits per heavy atom. The molecule has 0 amide bonds. The molecule has 1 aromatic rings. The van der Waals surface area contributed by atoms with Crippen molar-refractivity contribution in [3.8, 4) is 0 Å². The van der Waals surface area contributed by atoms with Gasteiger partial charge < -0.3 is 20.5 Å². The van der Waals surface area contributed by atoms with E-state index in [0.29, 0.717) is 13.2 Å². The largest absolute Gasteiger partial charge is 0.380 e. The summed E-state index contributed by atoms with van der Waals surface area (Å²) in [7, 11) is 3.41. The first-order valence-electron chi connectivity index (χ1n) is 6.25. The molecule has 0 aliphatic rings. The molecule has 4 heteroatoms. The van der Waals surface area contributed by atoms with Crippen molar-refractivity contribution in [1.29, 1.82) is 0 Å². The van der Waals surface area contributed by atoms with Gasteiger partial charge in [-0.15, -0.1) is 0 Å². The minimum atomic E-state index is 0.166. The van der Waals surface area contributed by atoms with E-state index in [1.807, 2.05) is 6.92 Å². The summed E-state index contributed by atoms with van der Waals surface area (Å²) in [6.07, 6.45) is 0.187. The molecule has 0 saturated heterocycles. The number of benzene rings is 1. The van der Waals surface area contributed by atoms with Gasteiger partial charge in [0.1, 0.15) is 0 Å². The van der Waals surface area contributed by atoms with Crippen LogP contribution in [0.4, 0.5) is 0 Å². The maximum Gasteiger partial charge on any atom is 0.0713 e. The number of methoxy groups -OCH3 is 2. The molecule has 18 heavy (non-hydrogen) atoms. The summed E-state index contributed by atoms with van der Waals surface area (Å²) in [5, 5.41) is 3.41. The van der Waals surface area contributed by atoms with E-state index in [-0.39, 0.29) is 12.1 Å². The zero-order valence-corrected chi connectivity index (χ0v) is 11.5. The van der Waals surface area contributed by atoms with E-state index >= 15 is 0 Å². The monoisotopic (exact) mass is 252 g/mol. The molecule has 0 aromatic heterocycles. The molecule has 3 N–H and O–H groups in total. The molecule has 0 radical (unpaired) electrons. The topological polar surface area (TPSA) is 56.5 Å². The summed E-state index contributed by atoms with van der Waals surface area (Å²) in [4.78, 5) is 0. The molecule has 0 fully saturated rings. The van der Waals surface area contributed by atoms with Gasteiger partial charge in [0.15, 0.2) is 0 Å². The first kappa shape index (κ1) is 15.1. The van der Waals surface area contributed by atoms with E-state index < -0.39 is 0 Å². The number of hydrogen-bond acceptors (Lipinski definition) is 4. The second kappa shape index (κ2) is 8.21. The van der Waals surface area contributed by atoms with Crippen LogP contribution in [0.5, 0.6) is 0 Å². The fourth-order valence-corrected chi connectivity index (χ4v) is 1.74. The van der Waals surface area contributed by atoms with Gasteiger partial charge in [-0.05, 0) is 18.1 Å². The van der Waals surface area contributed by atoms with Gasteiger partial charge in [-0.25, -0.2) is 0 Å². The van der Waals surface area contributed by atoms with Crippen molar-refractivity contribution in [3.63, 3.8) is 0 Å². The Bertz CT molecular complexity index is 327. The predicted molar refractivity (Wildman–Crippen MR) is 73.4 cm³/mol. The van der Waals surface area contributed by atoms with Gasteiger partial charge in [-0.3, -0.25) is 0 Å². The summed E-state index contributed by atoms with van der Waals surface area (Å²) in [6.45, 7) is 4.03. The van der Waals surface area contributed by atoms with Crippen molar-refractivity contribution in [1.82, 2.24) is 5.32 Å². The summed E-state index contributed by atoms with van der Waals surface area (Å²) in [6, 6.07) is 8.50. The van der Waals surface area contributed by atoms with Crippen LogP contribution in [0.25, 0.3) is 0 Å². The quantitative estimate of drug-likeness (QED) is 0.735. The zero-order chi connectivity index (χ0) is 13.4. The van der Waals surface area contributed by atoms with E-state index in [0.717, 1.165) is 6.54 Å². The lowest BCUT2D eigenvalue weighted by Crippen LogP contribution is -2.33. The second-order valence-electron chi connectivity index (χ2n) is 4.42. The molecule has 0 aliphatic carbocycles. The predicted octanol–water partition coefficient (Wildman–Crippen LogP) is 1.46. The average molecular weight is 252 g/mol. The molecule has 2 unspecified atom stereocenters. The van der Waals surface area contributed by atoms with Crippen LogP contribution < -0.4 is 11.1 Å². The minimum absolute atomic E-state index is 0.166. The Balaban J connectivity index is 2.58. The van der Waals surface area contributed by atoms with Gasteiger partial charge in [-0.1, -0.05) is 24.3 Å². The van der Waals surface area contributed by atoms with Gasteiger partial charge in [0.25, 0.3) is 0 Å². The van der Waals surface area contributed by atoms with Crippen LogP contribution in [0.3, 0.4) is 0 Å². The Kier molecular flexibility index (Phi) is 6.90. The third-order valence-corrected chi connectivity index (χ3v) is 2.98. The fraction of sp³-hybridized carbons (Fsp3) is 0.571. The Labute approximate surface area is 109 Å². The van der Waals surface area contributed by atoms with E-state index in [4.69, 9.17) is 15.2 Å². The number of hydrogen-bond donors (Lipinski definition) is 2. The van der Waals surface area contributed by atoms with Gasteiger partial charge >= 0.3 is 0 Å². The molecule has 0 bridgehead atoms.